The van der Waals surface area contributed by atoms with E-state index in [0.29, 0.717) is 11.3 Å². The number of nitrogens with two attached hydrogens (primary N) is 1. The van der Waals surface area contributed by atoms with Crippen molar-refractivity contribution in [1.29, 1.82) is 0 Å². The van der Waals surface area contributed by atoms with Gasteiger partial charge in [-0.3, -0.25) is 0 Å². The van der Waals surface area contributed by atoms with Crippen LogP contribution in [0.2, 0.25) is 0 Å². The van der Waals surface area contributed by atoms with Gasteiger partial charge >= 0.3 is 18.4 Å². The average molecular weight is 442 g/mol. The number of primary amides is 1. The molecule has 1 unspecified atom stereocenters. The van der Waals surface area contributed by atoms with Gasteiger partial charge in [-0.2, -0.15) is 4.79 Å². The summed E-state index contributed by atoms with van der Waals surface area (Å²) in [6.07, 6.45) is -6.41. The van der Waals surface area contributed by atoms with Crippen molar-refractivity contribution >= 4 is 17.7 Å². The van der Waals surface area contributed by atoms with Gasteiger partial charge in [0.05, 0.1) is 6.10 Å². The van der Waals surface area contributed by atoms with Crippen molar-refractivity contribution in [2.24, 2.45) is 0 Å². The van der Waals surface area contributed by atoms with Crippen LogP contribution in [0.15, 0.2) is 48.5 Å². The van der Waals surface area contributed by atoms with Crippen molar-refractivity contribution in [3.05, 3.63) is 59.7 Å². The second-order valence-electron chi connectivity index (χ2n) is 6.90. The van der Waals surface area contributed by atoms with E-state index in [1.807, 2.05) is 0 Å². The monoisotopic (exact) mass is 442 g/mol. The second kappa shape index (κ2) is 10.8. The third-order valence-electron chi connectivity index (χ3n) is 3.94. The van der Waals surface area contributed by atoms with E-state index < -0.39 is 24.5 Å². The molecule has 168 valence electrons. The van der Waals surface area contributed by atoms with Crippen LogP contribution in [0, 0.1) is 0 Å². The molecule has 2 rings (SSSR count). The molecule has 1 atom stereocenters. The molecule has 10 heteroatoms. The third-order valence-corrected chi connectivity index (χ3v) is 3.94. The number of aliphatic carboxylic acids is 1. The summed E-state index contributed by atoms with van der Waals surface area (Å²) in [4.78, 5) is 23.2. The van der Waals surface area contributed by atoms with Gasteiger partial charge in [-0.15, -0.1) is 13.2 Å². The number of quaternary nitrogens is 1. The number of carboxylic acids is 1. The molecule has 3 N–H and O–H groups in total. The molecule has 0 bridgehead atoms. The van der Waals surface area contributed by atoms with E-state index >= 15 is 0 Å². The second-order valence-corrected chi connectivity index (χ2v) is 6.90. The molecule has 0 aliphatic carbocycles. The summed E-state index contributed by atoms with van der Waals surface area (Å²) in [6.45, 7) is 3.50. The molecular weight excluding hydrogens is 419 g/mol. The molecular formula is C21H23F3NO6+. The first-order valence-corrected chi connectivity index (χ1v) is 9.35. The zero-order valence-corrected chi connectivity index (χ0v) is 16.9. The quantitative estimate of drug-likeness (QED) is 0.577. The number of amides is 1. The van der Waals surface area contributed by atoms with Crippen molar-refractivity contribution in [2.75, 3.05) is 0 Å². The lowest BCUT2D eigenvalue weighted by Crippen LogP contribution is -2.82. The Morgan fingerprint density at radius 2 is 1.58 bits per heavy atom. The smallest absolute Gasteiger partial charge is 0.479 e. The number of halogens is 3. The van der Waals surface area contributed by atoms with Gasteiger partial charge in [0.2, 0.25) is 0 Å². The van der Waals surface area contributed by atoms with E-state index in [1.54, 1.807) is 38.1 Å². The van der Waals surface area contributed by atoms with Gasteiger partial charge in [-0.25, -0.2) is 10.1 Å². The number of benzene rings is 2. The van der Waals surface area contributed by atoms with Crippen LogP contribution in [-0.4, -0.2) is 35.7 Å². The van der Waals surface area contributed by atoms with Crippen LogP contribution in [0.5, 0.6) is 5.75 Å². The summed E-state index contributed by atoms with van der Waals surface area (Å²) >= 11 is 0. The molecule has 7 nitrogen and oxygen atoms in total. The van der Waals surface area contributed by atoms with Gasteiger partial charge in [0.1, 0.15) is 18.0 Å². The summed E-state index contributed by atoms with van der Waals surface area (Å²) in [5, 5.41) is 10.4. The summed E-state index contributed by atoms with van der Waals surface area (Å²) in [7, 11) is 0. The Kier molecular flexibility index (Phi) is 8.40. The largest absolute Gasteiger partial charge is 0.573 e. The van der Waals surface area contributed by atoms with E-state index in [1.165, 1.54) is 12.1 Å². The predicted molar refractivity (Wildman–Crippen MR) is 103 cm³/mol. The number of alkyl halides is 3. The molecule has 0 saturated carbocycles. The van der Waals surface area contributed by atoms with Gasteiger partial charge in [0, 0.05) is 18.6 Å². The SMILES string of the molecule is CC(C)OC(Cc1ccc(COC(=O)[NH2+]c2ccc(OC(F)(F)F)cc2)cc1)C(=O)O. The third kappa shape index (κ3) is 9.06. The number of carboxylic acid groups (broad SMARTS) is 1. The van der Waals surface area contributed by atoms with E-state index in [0.717, 1.165) is 23.0 Å². The zero-order chi connectivity index (χ0) is 23.0. The fourth-order valence-corrected chi connectivity index (χ4v) is 2.61. The highest BCUT2D eigenvalue weighted by molar-refractivity contribution is 5.72. The lowest BCUT2D eigenvalue weighted by molar-refractivity contribution is -0.483. The lowest BCUT2D eigenvalue weighted by atomic mass is 10.1. The molecule has 0 fully saturated rings. The van der Waals surface area contributed by atoms with Crippen molar-refractivity contribution in [2.45, 2.75) is 45.4 Å². The standard InChI is InChI=1S/C21H22F3NO6/c1-13(2)30-18(19(26)27)11-14-3-5-15(6-4-14)12-29-20(28)25-16-7-9-17(10-8-16)31-21(22,23)24/h3-10,13,18H,11-12H2,1-2H3,(H,25,28)(H,26,27)/p+1. The molecule has 1 amide bonds. The summed E-state index contributed by atoms with van der Waals surface area (Å²) in [5.41, 5.74) is 1.81. The Morgan fingerprint density at radius 1 is 1.00 bits per heavy atom. The normalized spacial score (nSPS) is 12.5. The van der Waals surface area contributed by atoms with E-state index in [2.05, 4.69) is 4.74 Å². The Balaban J connectivity index is 1.83. The number of rotatable bonds is 9. The van der Waals surface area contributed by atoms with Crippen molar-refractivity contribution in [1.82, 2.24) is 0 Å². The van der Waals surface area contributed by atoms with Crippen LogP contribution in [0.4, 0.5) is 23.7 Å². The van der Waals surface area contributed by atoms with Gasteiger partial charge in [0.25, 0.3) is 0 Å². The first kappa shape index (κ1) is 24.2. The molecule has 0 radical (unpaired) electrons. The molecule has 0 spiro atoms. The minimum absolute atomic E-state index is 0.0181. The summed E-state index contributed by atoms with van der Waals surface area (Å²) < 4.78 is 50.7. The molecule has 2 aromatic rings. The minimum atomic E-state index is -4.78. The van der Waals surface area contributed by atoms with E-state index in [4.69, 9.17) is 9.47 Å². The Bertz CT molecular complexity index is 866. The number of carbonyl (C=O) groups excluding carboxylic acids is 1. The van der Waals surface area contributed by atoms with Crippen molar-refractivity contribution in [3.8, 4) is 5.75 Å². The number of ether oxygens (including phenoxy) is 3. The van der Waals surface area contributed by atoms with Crippen LogP contribution in [-0.2, 0) is 27.3 Å². The maximum Gasteiger partial charge on any atom is 0.573 e. The maximum atomic E-state index is 12.1. The molecule has 0 saturated heterocycles. The van der Waals surface area contributed by atoms with Gasteiger partial charge in [-0.05, 0) is 37.1 Å². The van der Waals surface area contributed by atoms with Crippen LogP contribution in [0.1, 0.15) is 25.0 Å². The number of hydrogen-bond acceptors (Lipinski definition) is 5. The topological polar surface area (TPSA) is 98.7 Å². The molecule has 0 aliphatic heterocycles. The van der Waals surface area contributed by atoms with Crippen LogP contribution >= 0.6 is 0 Å². The highest BCUT2D eigenvalue weighted by Gasteiger charge is 2.31. The van der Waals surface area contributed by atoms with Crippen LogP contribution in [0.3, 0.4) is 0 Å². The van der Waals surface area contributed by atoms with Crippen molar-refractivity contribution < 1.29 is 47.4 Å². The highest BCUT2D eigenvalue weighted by Crippen LogP contribution is 2.22. The van der Waals surface area contributed by atoms with E-state index in [9.17, 15) is 27.9 Å². The first-order chi connectivity index (χ1) is 14.5. The average Bonchev–Trinajstić information content (AvgIpc) is 2.67. The molecule has 0 heterocycles. The predicted octanol–water partition coefficient (Wildman–Crippen LogP) is 3.54. The van der Waals surface area contributed by atoms with E-state index in [-0.39, 0.29) is 24.9 Å². The van der Waals surface area contributed by atoms with Crippen LogP contribution < -0.4 is 10.1 Å². The number of hydrogen-bond donors (Lipinski definition) is 2. The molecule has 0 aliphatic rings. The number of carbonyl (C=O) groups is 2. The van der Waals surface area contributed by atoms with Crippen molar-refractivity contribution in [3.63, 3.8) is 0 Å². The first-order valence-electron chi connectivity index (χ1n) is 9.35. The highest BCUT2D eigenvalue weighted by atomic mass is 19.4. The fourth-order valence-electron chi connectivity index (χ4n) is 2.61. The van der Waals surface area contributed by atoms with Gasteiger partial charge in [0.15, 0.2) is 6.10 Å². The summed E-state index contributed by atoms with van der Waals surface area (Å²) in [6, 6.07) is 11.7. The van der Waals surface area contributed by atoms with Crippen LogP contribution in [0.25, 0.3) is 0 Å². The molecule has 2 aromatic carbocycles. The Labute approximate surface area is 176 Å². The fraction of sp³-hybridized carbons (Fsp3) is 0.333. The Hall–Kier alpha value is -3.11. The Morgan fingerprint density at radius 3 is 2.10 bits per heavy atom. The maximum absolute atomic E-state index is 12.1. The zero-order valence-electron chi connectivity index (χ0n) is 16.9. The molecule has 0 aromatic heterocycles. The van der Waals surface area contributed by atoms with Gasteiger partial charge < -0.3 is 19.3 Å². The van der Waals surface area contributed by atoms with Gasteiger partial charge in [-0.1, -0.05) is 24.3 Å². The summed E-state index contributed by atoms with van der Waals surface area (Å²) in [5.74, 6) is -1.43. The molecule has 31 heavy (non-hydrogen) atoms. The lowest BCUT2D eigenvalue weighted by Gasteiger charge is -2.16. The minimum Gasteiger partial charge on any atom is -0.479 e.